The molecule has 6 heteroatoms. The molecule has 0 unspecified atom stereocenters. The first-order chi connectivity index (χ1) is 11.9. The Hall–Kier alpha value is -2.89. The minimum atomic E-state index is -1.05. The Morgan fingerprint density at radius 1 is 1.28 bits per heavy atom. The molecule has 0 aliphatic carbocycles. The Morgan fingerprint density at radius 2 is 1.96 bits per heavy atom. The number of rotatable bonds is 5. The van der Waals surface area contributed by atoms with E-state index in [-0.39, 0.29) is 5.69 Å². The molecule has 0 radical (unpaired) electrons. The maximum Gasteiger partial charge on any atom is 0.354 e. The zero-order chi connectivity index (χ0) is 18.1. The van der Waals surface area contributed by atoms with Gasteiger partial charge >= 0.3 is 5.97 Å². The van der Waals surface area contributed by atoms with Crippen molar-refractivity contribution in [3.8, 4) is 16.9 Å². The number of aryl methyl sites for hydroxylation is 1. The zero-order valence-corrected chi connectivity index (χ0v) is 14.8. The number of aromatic nitrogens is 3. The highest BCUT2D eigenvalue weighted by molar-refractivity contribution is 5.99. The van der Waals surface area contributed by atoms with Crippen molar-refractivity contribution >= 4 is 17.0 Å². The van der Waals surface area contributed by atoms with Crippen molar-refractivity contribution < 1.29 is 14.6 Å². The number of carbonyl (C=O) groups is 1. The first-order valence-electron chi connectivity index (χ1n) is 8.16. The van der Waals surface area contributed by atoms with E-state index in [0.29, 0.717) is 18.1 Å². The first kappa shape index (κ1) is 17.0. The smallest absolute Gasteiger partial charge is 0.354 e. The lowest BCUT2D eigenvalue weighted by Gasteiger charge is -2.09. The minimum Gasteiger partial charge on any atom is -0.497 e. The van der Waals surface area contributed by atoms with Gasteiger partial charge in [-0.15, -0.1) is 0 Å². The van der Waals surface area contributed by atoms with Gasteiger partial charge in [-0.1, -0.05) is 26.0 Å². The molecule has 1 N–H and O–H groups in total. The van der Waals surface area contributed by atoms with Crippen LogP contribution in [-0.2, 0) is 6.54 Å². The van der Waals surface area contributed by atoms with Gasteiger partial charge in [0.2, 0.25) is 0 Å². The number of methoxy groups -OCH3 is 1. The van der Waals surface area contributed by atoms with Crippen LogP contribution < -0.4 is 4.74 Å². The quantitative estimate of drug-likeness (QED) is 0.765. The van der Waals surface area contributed by atoms with Crippen LogP contribution in [0, 0.1) is 12.8 Å². The molecule has 0 spiro atoms. The van der Waals surface area contributed by atoms with Gasteiger partial charge in [-0.3, -0.25) is 0 Å². The van der Waals surface area contributed by atoms with Crippen LogP contribution in [0.15, 0.2) is 30.3 Å². The van der Waals surface area contributed by atoms with E-state index in [0.717, 1.165) is 28.0 Å². The molecule has 0 saturated heterocycles. The maximum absolute atomic E-state index is 11.6. The molecule has 0 fully saturated rings. The number of pyridine rings is 1. The first-order valence-corrected chi connectivity index (χ1v) is 8.16. The molecular weight excluding hydrogens is 318 g/mol. The molecule has 3 aromatic rings. The summed E-state index contributed by atoms with van der Waals surface area (Å²) in [7, 11) is 1.61. The molecule has 0 amide bonds. The summed E-state index contributed by atoms with van der Waals surface area (Å²) in [5.41, 5.74) is 3.19. The molecule has 0 saturated carbocycles. The SMILES string of the molecule is COc1ccc(-c2cc(C(=O)O)nc3c2c(C)nn3CC(C)C)cc1. The average molecular weight is 339 g/mol. The molecule has 25 heavy (non-hydrogen) atoms. The number of nitrogens with zero attached hydrogens (tertiary/aromatic N) is 3. The number of aromatic carboxylic acids is 1. The molecule has 6 nitrogen and oxygen atoms in total. The van der Waals surface area contributed by atoms with Crippen LogP contribution in [0.5, 0.6) is 5.75 Å². The lowest BCUT2D eigenvalue weighted by molar-refractivity contribution is 0.0691. The molecule has 0 aliphatic heterocycles. The van der Waals surface area contributed by atoms with Crippen LogP contribution in [-0.4, -0.2) is 33.0 Å². The average Bonchev–Trinajstić information content (AvgIpc) is 2.89. The van der Waals surface area contributed by atoms with Crippen molar-refractivity contribution in [2.75, 3.05) is 7.11 Å². The highest BCUT2D eigenvalue weighted by Gasteiger charge is 2.19. The lowest BCUT2D eigenvalue weighted by atomic mass is 10.0. The number of benzene rings is 1. The third-order valence-corrected chi connectivity index (χ3v) is 4.04. The molecular formula is C19H21N3O3. The second kappa shape index (κ2) is 6.55. The Labute approximate surface area is 146 Å². The van der Waals surface area contributed by atoms with Crippen LogP contribution in [0.25, 0.3) is 22.2 Å². The van der Waals surface area contributed by atoms with E-state index in [1.165, 1.54) is 0 Å². The molecule has 130 valence electrons. The highest BCUT2D eigenvalue weighted by atomic mass is 16.5. The summed E-state index contributed by atoms with van der Waals surface area (Å²) in [6, 6.07) is 9.16. The summed E-state index contributed by atoms with van der Waals surface area (Å²) in [6.07, 6.45) is 0. The Bertz CT molecular complexity index is 927. The number of fused-ring (bicyclic) bond motifs is 1. The van der Waals surface area contributed by atoms with Crippen LogP contribution in [0.4, 0.5) is 0 Å². The molecule has 1 aromatic carbocycles. The Kier molecular flexibility index (Phi) is 4.44. The fraction of sp³-hybridized carbons (Fsp3) is 0.316. The molecule has 0 aliphatic rings. The predicted octanol–water partition coefficient (Wildman–Crippen LogP) is 3.77. The third-order valence-electron chi connectivity index (χ3n) is 4.04. The van der Waals surface area contributed by atoms with Gasteiger partial charge in [0, 0.05) is 11.9 Å². The van der Waals surface area contributed by atoms with Crippen LogP contribution in [0.1, 0.15) is 30.0 Å². The standard InChI is InChI=1S/C19H21N3O3/c1-11(2)10-22-18-17(12(3)21-22)15(9-16(20-18)19(23)24)13-5-7-14(25-4)8-6-13/h5-9,11H,10H2,1-4H3,(H,23,24). The number of carboxylic acids is 1. The van der Waals surface area contributed by atoms with Crippen LogP contribution >= 0.6 is 0 Å². The molecule has 2 aromatic heterocycles. The number of hydrogen-bond donors (Lipinski definition) is 1. The van der Waals surface area contributed by atoms with Gasteiger partial charge in [0.05, 0.1) is 12.8 Å². The van der Waals surface area contributed by atoms with Gasteiger partial charge in [0.1, 0.15) is 5.75 Å². The maximum atomic E-state index is 11.6. The molecule has 0 bridgehead atoms. The van der Waals surface area contributed by atoms with E-state index in [4.69, 9.17) is 4.74 Å². The lowest BCUT2D eigenvalue weighted by Crippen LogP contribution is -2.09. The van der Waals surface area contributed by atoms with Gasteiger partial charge in [-0.2, -0.15) is 5.10 Å². The van der Waals surface area contributed by atoms with Crippen molar-refractivity contribution in [3.63, 3.8) is 0 Å². The summed E-state index contributed by atoms with van der Waals surface area (Å²) in [6.45, 7) is 6.79. The van der Waals surface area contributed by atoms with Crippen LogP contribution in [0.3, 0.4) is 0 Å². The minimum absolute atomic E-state index is 0.0169. The van der Waals surface area contributed by atoms with Crippen LogP contribution in [0.2, 0.25) is 0 Å². The van der Waals surface area contributed by atoms with E-state index >= 15 is 0 Å². The normalized spacial score (nSPS) is 11.2. The topological polar surface area (TPSA) is 77.2 Å². The Balaban J connectivity index is 2.28. The van der Waals surface area contributed by atoms with Gasteiger partial charge in [-0.05, 0) is 42.2 Å². The van der Waals surface area contributed by atoms with Crippen molar-refractivity contribution in [2.24, 2.45) is 5.92 Å². The summed E-state index contributed by atoms with van der Waals surface area (Å²) in [4.78, 5) is 15.9. The number of hydrogen-bond acceptors (Lipinski definition) is 4. The van der Waals surface area contributed by atoms with E-state index in [1.807, 2.05) is 31.2 Å². The molecule has 0 atom stereocenters. The second-order valence-electron chi connectivity index (χ2n) is 6.45. The third kappa shape index (κ3) is 3.20. The van der Waals surface area contributed by atoms with E-state index in [9.17, 15) is 9.90 Å². The zero-order valence-electron chi connectivity index (χ0n) is 14.8. The summed E-state index contributed by atoms with van der Waals surface area (Å²) >= 11 is 0. The van der Waals surface area contributed by atoms with Crippen molar-refractivity contribution in [1.82, 2.24) is 14.8 Å². The summed E-state index contributed by atoms with van der Waals surface area (Å²) in [5, 5.41) is 14.9. The predicted molar refractivity (Wildman–Crippen MR) is 96.1 cm³/mol. The van der Waals surface area contributed by atoms with E-state index in [1.54, 1.807) is 17.9 Å². The number of ether oxygens (including phenoxy) is 1. The fourth-order valence-corrected chi connectivity index (χ4v) is 2.93. The van der Waals surface area contributed by atoms with Crippen molar-refractivity contribution in [1.29, 1.82) is 0 Å². The highest BCUT2D eigenvalue weighted by Crippen LogP contribution is 2.32. The van der Waals surface area contributed by atoms with Gasteiger partial charge < -0.3 is 9.84 Å². The van der Waals surface area contributed by atoms with Crippen molar-refractivity contribution in [3.05, 3.63) is 41.7 Å². The molecule has 2 heterocycles. The largest absolute Gasteiger partial charge is 0.497 e. The van der Waals surface area contributed by atoms with E-state index in [2.05, 4.69) is 23.9 Å². The van der Waals surface area contributed by atoms with Gasteiger partial charge in [0.15, 0.2) is 11.3 Å². The molecule has 3 rings (SSSR count). The van der Waals surface area contributed by atoms with E-state index < -0.39 is 5.97 Å². The summed E-state index contributed by atoms with van der Waals surface area (Å²) in [5.74, 6) is 0.0774. The van der Waals surface area contributed by atoms with Gasteiger partial charge in [0.25, 0.3) is 0 Å². The Morgan fingerprint density at radius 3 is 2.52 bits per heavy atom. The number of carboxylic acid groups (broad SMARTS) is 1. The second-order valence-corrected chi connectivity index (χ2v) is 6.45. The monoisotopic (exact) mass is 339 g/mol. The van der Waals surface area contributed by atoms with Gasteiger partial charge in [-0.25, -0.2) is 14.5 Å². The fourth-order valence-electron chi connectivity index (χ4n) is 2.93. The summed E-state index contributed by atoms with van der Waals surface area (Å²) < 4.78 is 7.00. The van der Waals surface area contributed by atoms with Crippen molar-refractivity contribution in [2.45, 2.75) is 27.3 Å².